The predicted molar refractivity (Wildman–Crippen MR) is 86.2 cm³/mol. The van der Waals surface area contributed by atoms with E-state index in [4.69, 9.17) is 9.57 Å². The largest absolute Gasteiger partial charge is 0.351 e. The monoisotopic (exact) mass is 305 g/mol. The lowest BCUT2D eigenvalue weighted by Crippen LogP contribution is -2.31. The lowest BCUT2D eigenvalue weighted by atomic mass is 10.1. The second-order valence-electron chi connectivity index (χ2n) is 6.19. The molecule has 0 saturated heterocycles. The Morgan fingerprint density at radius 3 is 2.68 bits per heavy atom. The second kappa shape index (κ2) is 8.30. The van der Waals surface area contributed by atoms with E-state index in [0.717, 1.165) is 18.4 Å². The van der Waals surface area contributed by atoms with Gasteiger partial charge in [0.05, 0.1) is 13.2 Å². The van der Waals surface area contributed by atoms with E-state index in [1.807, 2.05) is 24.3 Å². The number of fused-ring (bicyclic) bond motifs is 1. The highest BCUT2D eigenvalue weighted by molar-refractivity contribution is 5.98. The lowest BCUT2D eigenvalue weighted by Gasteiger charge is -2.25. The molecule has 0 aliphatic carbocycles. The smallest absolute Gasteiger partial charge is 0.280 e. The molecule has 0 radical (unpaired) electrons. The average Bonchev–Trinajstić information content (AvgIpc) is 2.78. The zero-order chi connectivity index (χ0) is 15.9. The van der Waals surface area contributed by atoms with Gasteiger partial charge in [-0.3, -0.25) is 9.63 Å². The van der Waals surface area contributed by atoms with Crippen molar-refractivity contribution in [3.05, 3.63) is 35.4 Å². The van der Waals surface area contributed by atoms with Crippen LogP contribution in [0.5, 0.6) is 0 Å². The van der Waals surface area contributed by atoms with E-state index in [1.165, 1.54) is 17.9 Å². The minimum absolute atomic E-state index is 0.0974. The maximum absolute atomic E-state index is 12.5. The molecule has 1 aliphatic heterocycles. The molecule has 4 nitrogen and oxygen atoms in total. The summed E-state index contributed by atoms with van der Waals surface area (Å²) in [6, 6.07) is 7.59. The van der Waals surface area contributed by atoms with Crippen molar-refractivity contribution < 1.29 is 14.4 Å². The topological polar surface area (TPSA) is 38.8 Å². The summed E-state index contributed by atoms with van der Waals surface area (Å²) in [5, 5.41) is 1.42. The van der Waals surface area contributed by atoms with Gasteiger partial charge in [0.1, 0.15) is 0 Å². The SMILES string of the molecule is CCCCCCON1C(=O)c2ccccc2C1OCC(C)C. The van der Waals surface area contributed by atoms with Crippen LogP contribution in [-0.2, 0) is 9.57 Å². The molecule has 1 atom stereocenters. The van der Waals surface area contributed by atoms with Crippen molar-refractivity contribution in [3.63, 3.8) is 0 Å². The molecule has 22 heavy (non-hydrogen) atoms. The fraction of sp³-hybridized carbons (Fsp3) is 0.611. The van der Waals surface area contributed by atoms with Gasteiger partial charge < -0.3 is 4.74 Å². The van der Waals surface area contributed by atoms with Crippen LogP contribution in [0.15, 0.2) is 24.3 Å². The van der Waals surface area contributed by atoms with Crippen molar-refractivity contribution in [2.75, 3.05) is 13.2 Å². The van der Waals surface area contributed by atoms with Gasteiger partial charge in [0.2, 0.25) is 0 Å². The molecular formula is C18H27NO3. The number of rotatable bonds is 9. The van der Waals surface area contributed by atoms with Crippen LogP contribution in [0.4, 0.5) is 0 Å². The molecule has 1 amide bonds. The first-order valence-corrected chi connectivity index (χ1v) is 8.32. The molecule has 1 aromatic carbocycles. The molecule has 1 aliphatic rings. The van der Waals surface area contributed by atoms with Crippen LogP contribution in [0.2, 0.25) is 0 Å². The summed E-state index contributed by atoms with van der Waals surface area (Å²) < 4.78 is 5.93. The molecule has 2 rings (SSSR count). The van der Waals surface area contributed by atoms with Crippen LogP contribution in [0.3, 0.4) is 0 Å². The number of hydrogen-bond acceptors (Lipinski definition) is 3. The predicted octanol–water partition coefficient (Wildman–Crippen LogP) is 4.33. The van der Waals surface area contributed by atoms with Gasteiger partial charge in [0, 0.05) is 11.1 Å². The Labute approximate surface area is 133 Å². The van der Waals surface area contributed by atoms with E-state index >= 15 is 0 Å². The number of carbonyl (C=O) groups excluding carboxylic acids is 1. The fourth-order valence-corrected chi connectivity index (χ4v) is 2.52. The molecule has 122 valence electrons. The molecule has 1 unspecified atom stereocenters. The Morgan fingerprint density at radius 2 is 1.95 bits per heavy atom. The highest BCUT2D eigenvalue weighted by Gasteiger charge is 2.38. The molecule has 4 heteroatoms. The Bertz CT molecular complexity index is 487. The third kappa shape index (κ3) is 4.08. The zero-order valence-electron chi connectivity index (χ0n) is 13.9. The highest BCUT2D eigenvalue weighted by atomic mass is 16.7. The fourth-order valence-electron chi connectivity index (χ4n) is 2.52. The van der Waals surface area contributed by atoms with Crippen LogP contribution in [-0.4, -0.2) is 24.2 Å². The van der Waals surface area contributed by atoms with E-state index in [1.54, 1.807) is 0 Å². The Morgan fingerprint density at radius 1 is 1.18 bits per heavy atom. The second-order valence-corrected chi connectivity index (χ2v) is 6.19. The minimum atomic E-state index is -0.419. The number of benzene rings is 1. The third-order valence-corrected chi connectivity index (χ3v) is 3.69. The first kappa shape index (κ1) is 17.0. The van der Waals surface area contributed by atoms with Gasteiger partial charge >= 0.3 is 0 Å². The van der Waals surface area contributed by atoms with E-state index in [0.29, 0.717) is 24.7 Å². The summed E-state index contributed by atoms with van der Waals surface area (Å²) in [6.07, 6.45) is 4.06. The van der Waals surface area contributed by atoms with Crippen LogP contribution >= 0.6 is 0 Å². The van der Waals surface area contributed by atoms with Crippen molar-refractivity contribution in [1.29, 1.82) is 0 Å². The maximum Gasteiger partial charge on any atom is 0.280 e. The minimum Gasteiger partial charge on any atom is -0.351 e. The summed E-state index contributed by atoms with van der Waals surface area (Å²) in [4.78, 5) is 18.2. The van der Waals surface area contributed by atoms with Crippen molar-refractivity contribution in [2.45, 2.75) is 52.7 Å². The van der Waals surface area contributed by atoms with Crippen LogP contribution in [0.1, 0.15) is 68.6 Å². The quantitative estimate of drug-likeness (QED) is 0.638. The van der Waals surface area contributed by atoms with E-state index in [9.17, 15) is 4.79 Å². The van der Waals surface area contributed by atoms with E-state index in [2.05, 4.69) is 20.8 Å². The summed E-state index contributed by atoms with van der Waals surface area (Å²) in [5.74, 6) is 0.314. The summed E-state index contributed by atoms with van der Waals surface area (Å²) in [6.45, 7) is 7.53. The number of nitrogens with zero attached hydrogens (tertiary/aromatic N) is 1. The van der Waals surface area contributed by atoms with Crippen LogP contribution < -0.4 is 0 Å². The molecule has 1 heterocycles. The lowest BCUT2D eigenvalue weighted by molar-refractivity contribution is -0.218. The standard InChI is InChI=1S/C18H27NO3/c1-4-5-6-9-12-22-19-17(20)15-10-7-8-11-16(15)18(19)21-13-14(2)3/h7-8,10-11,14,18H,4-6,9,12-13H2,1-3H3. The first-order chi connectivity index (χ1) is 10.6. The normalized spacial score (nSPS) is 17.4. The van der Waals surface area contributed by atoms with Gasteiger partial charge in [-0.05, 0) is 18.4 Å². The molecule has 0 N–H and O–H groups in total. The Hall–Kier alpha value is -1.39. The number of ether oxygens (including phenoxy) is 1. The molecule has 0 aromatic heterocycles. The van der Waals surface area contributed by atoms with Crippen LogP contribution in [0, 0.1) is 5.92 Å². The van der Waals surface area contributed by atoms with Gasteiger partial charge in [0.15, 0.2) is 6.23 Å². The van der Waals surface area contributed by atoms with E-state index in [-0.39, 0.29) is 5.91 Å². The van der Waals surface area contributed by atoms with E-state index < -0.39 is 6.23 Å². The number of carbonyl (C=O) groups is 1. The zero-order valence-corrected chi connectivity index (χ0v) is 13.9. The first-order valence-electron chi connectivity index (χ1n) is 8.32. The van der Waals surface area contributed by atoms with Crippen molar-refractivity contribution in [1.82, 2.24) is 5.06 Å². The Kier molecular flexibility index (Phi) is 6.40. The average molecular weight is 305 g/mol. The van der Waals surface area contributed by atoms with Gasteiger partial charge in [-0.15, -0.1) is 0 Å². The summed E-state index contributed by atoms with van der Waals surface area (Å²) in [5.41, 5.74) is 1.59. The number of unbranched alkanes of at least 4 members (excludes halogenated alkanes) is 3. The number of amides is 1. The molecular weight excluding hydrogens is 278 g/mol. The van der Waals surface area contributed by atoms with Crippen molar-refractivity contribution in [2.24, 2.45) is 5.92 Å². The van der Waals surface area contributed by atoms with Gasteiger partial charge in [-0.1, -0.05) is 58.2 Å². The van der Waals surface area contributed by atoms with Crippen molar-refractivity contribution >= 4 is 5.91 Å². The van der Waals surface area contributed by atoms with Crippen molar-refractivity contribution in [3.8, 4) is 0 Å². The molecule has 0 spiro atoms. The summed E-state index contributed by atoms with van der Waals surface area (Å²) in [7, 11) is 0. The number of hydroxylamine groups is 2. The van der Waals surface area contributed by atoms with Gasteiger partial charge in [-0.25, -0.2) is 0 Å². The molecule has 0 fully saturated rings. The van der Waals surface area contributed by atoms with Crippen LogP contribution in [0.25, 0.3) is 0 Å². The maximum atomic E-state index is 12.5. The molecule has 1 aromatic rings. The molecule has 0 saturated carbocycles. The summed E-state index contributed by atoms with van der Waals surface area (Å²) >= 11 is 0. The van der Waals surface area contributed by atoms with Gasteiger partial charge in [-0.2, -0.15) is 5.06 Å². The number of hydrogen-bond donors (Lipinski definition) is 0. The Balaban J connectivity index is 2.01. The third-order valence-electron chi connectivity index (χ3n) is 3.69. The van der Waals surface area contributed by atoms with Gasteiger partial charge in [0.25, 0.3) is 5.91 Å². The molecule has 0 bridgehead atoms. The highest BCUT2D eigenvalue weighted by Crippen LogP contribution is 2.34.